The zero-order valence-corrected chi connectivity index (χ0v) is 22.5. The minimum absolute atomic E-state index is 0.109. The average molecular weight is 522 g/mol. The first-order chi connectivity index (χ1) is 16.5. The predicted molar refractivity (Wildman–Crippen MR) is 142 cm³/mol. The number of sulfonamides is 1. The van der Waals surface area contributed by atoms with E-state index in [1.165, 1.54) is 4.31 Å². The van der Waals surface area contributed by atoms with Gasteiger partial charge in [0.05, 0.1) is 11.9 Å². The van der Waals surface area contributed by atoms with Gasteiger partial charge in [-0.1, -0.05) is 49.2 Å². The quantitative estimate of drug-likeness (QED) is 0.392. The number of hydrogen-bond acceptors (Lipinski definition) is 4. The highest BCUT2D eigenvalue weighted by Crippen LogP contribution is 2.21. The van der Waals surface area contributed by atoms with Crippen LogP contribution in [0.15, 0.2) is 48.5 Å². The molecule has 0 radical (unpaired) electrons. The summed E-state index contributed by atoms with van der Waals surface area (Å²) < 4.78 is 26.0. The van der Waals surface area contributed by atoms with Crippen LogP contribution < -0.4 is 9.62 Å². The molecule has 2 amide bonds. The topological polar surface area (TPSA) is 86.8 Å². The van der Waals surface area contributed by atoms with E-state index >= 15 is 0 Å². The number of benzene rings is 2. The van der Waals surface area contributed by atoms with Crippen LogP contribution in [-0.4, -0.2) is 50.5 Å². The first-order valence-electron chi connectivity index (χ1n) is 11.9. The van der Waals surface area contributed by atoms with Crippen LogP contribution >= 0.6 is 11.6 Å². The summed E-state index contributed by atoms with van der Waals surface area (Å²) in [4.78, 5) is 27.6. The molecule has 9 heteroatoms. The number of nitrogens with zero attached hydrogens (tertiary/aromatic N) is 2. The maximum Gasteiger partial charge on any atom is 0.242 e. The highest BCUT2D eigenvalue weighted by Gasteiger charge is 2.26. The number of hydrogen-bond donors (Lipinski definition) is 1. The third-order valence-electron chi connectivity index (χ3n) is 5.87. The molecule has 0 fully saturated rings. The average Bonchev–Trinajstić information content (AvgIpc) is 2.81. The lowest BCUT2D eigenvalue weighted by Gasteiger charge is -2.30. The summed E-state index contributed by atoms with van der Waals surface area (Å²) in [6.45, 7) is 6.76. The molecule has 0 aliphatic heterocycles. The molecule has 1 N–H and O–H groups in total. The van der Waals surface area contributed by atoms with Gasteiger partial charge >= 0.3 is 0 Å². The van der Waals surface area contributed by atoms with Crippen LogP contribution in [0.1, 0.15) is 50.7 Å². The number of carbonyl (C=O) groups is 2. The summed E-state index contributed by atoms with van der Waals surface area (Å²) in [5.41, 5.74) is 2.49. The van der Waals surface area contributed by atoms with Crippen molar-refractivity contribution in [1.82, 2.24) is 10.2 Å². The summed E-state index contributed by atoms with van der Waals surface area (Å²) >= 11 is 5.93. The minimum Gasteiger partial charge on any atom is -0.354 e. The molecule has 0 heterocycles. The summed E-state index contributed by atoms with van der Waals surface area (Å²) in [5.74, 6) is -0.393. The fourth-order valence-corrected chi connectivity index (χ4v) is 4.79. The van der Waals surface area contributed by atoms with E-state index in [9.17, 15) is 18.0 Å². The van der Waals surface area contributed by atoms with Crippen LogP contribution in [0.2, 0.25) is 5.02 Å². The molecule has 2 aromatic carbocycles. The summed E-state index contributed by atoms with van der Waals surface area (Å²) in [5, 5.41) is 3.42. The lowest BCUT2D eigenvalue weighted by atomic mass is 10.1. The molecule has 0 bridgehead atoms. The second-order valence-corrected chi connectivity index (χ2v) is 11.0. The Labute approximate surface area is 214 Å². The Bertz CT molecular complexity index is 1090. The van der Waals surface area contributed by atoms with Crippen molar-refractivity contribution in [2.24, 2.45) is 0 Å². The van der Waals surface area contributed by atoms with Crippen molar-refractivity contribution in [3.63, 3.8) is 0 Å². The van der Waals surface area contributed by atoms with Crippen LogP contribution in [-0.2, 0) is 26.2 Å². The largest absolute Gasteiger partial charge is 0.354 e. The number of rotatable bonds is 13. The zero-order chi connectivity index (χ0) is 26.0. The molecular formula is C26H36ClN3O4S. The summed E-state index contributed by atoms with van der Waals surface area (Å²) in [6.07, 6.45) is 3.39. The Kier molecular flexibility index (Phi) is 11.0. The third-order valence-corrected chi connectivity index (χ3v) is 7.31. The van der Waals surface area contributed by atoms with Gasteiger partial charge < -0.3 is 10.2 Å². The second kappa shape index (κ2) is 13.5. The first kappa shape index (κ1) is 28.7. The maximum atomic E-state index is 13.3. The lowest BCUT2D eigenvalue weighted by molar-refractivity contribution is -0.140. The van der Waals surface area contributed by atoms with Crippen molar-refractivity contribution < 1.29 is 18.0 Å². The Balaban J connectivity index is 2.14. The smallest absolute Gasteiger partial charge is 0.242 e. The molecule has 0 aliphatic carbocycles. The summed E-state index contributed by atoms with van der Waals surface area (Å²) in [7, 11) is -3.54. The van der Waals surface area contributed by atoms with Gasteiger partial charge in [-0.05, 0) is 62.1 Å². The summed E-state index contributed by atoms with van der Waals surface area (Å²) in [6, 6.07) is 13.6. The molecule has 1 unspecified atom stereocenters. The van der Waals surface area contributed by atoms with Gasteiger partial charge in [0.1, 0.15) is 6.04 Å². The van der Waals surface area contributed by atoms with Crippen LogP contribution in [0.25, 0.3) is 0 Å². The van der Waals surface area contributed by atoms with E-state index in [1.54, 1.807) is 36.1 Å². The number of unbranched alkanes of at least 4 members (excludes halogenated alkanes) is 1. The maximum absolute atomic E-state index is 13.3. The highest BCUT2D eigenvalue weighted by molar-refractivity contribution is 7.92. The van der Waals surface area contributed by atoms with Crippen molar-refractivity contribution in [3.8, 4) is 0 Å². The Morgan fingerprint density at radius 3 is 2.31 bits per heavy atom. The van der Waals surface area contributed by atoms with Gasteiger partial charge in [0.25, 0.3) is 0 Å². The van der Waals surface area contributed by atoms with Crippen LogP contribution in [0.4, 0.5) is 5.69 Å². The number of aryl methyl sites for hydroxylation is 1. The molecule has 2 rings (SSSR count). The molecular weight excluding hydrogens is 486 g/mol. The molecule has 0 saturated heterocycles. The van der Waals surface area contributed by atoms with E-state index in [0.717, 1.165) is 30.2 Å². The van der Waals surface area contributed by atoms with E-state index in [4.69, 9.17) is 11.6 Å². The van der Waals surface area contributed by atoms with Crippen molar-refractivity contribution >= 4 is 39.1 Å². The normalized spacial score (nSPS) is 12.1. The van der Waals surface area contributed by atoms with Gasteiger partial charge in [0.2, 0.25) is 21.8 Å². The zero-order valence-electron chi connectivity index (χ0n) is 21.0. The first-order valence-corrected chi connectivity index (χ1v) is 14.1. The van der Waals surface area contributed by atoms with Gasteiger partial charge in [-0.3, -0.25) is 13.9 Å². The molecule has 1 atom stereocenters. The third kappa shape index (κ3) is 8.85. The van der Waals surface area contributed by atoms with E-state index in [0.29, 0.717) is 30.2 Å². The highest BCUT2D eigenvalue weighted by atomic mass is 35.5. The lowest BCUT2D eigenvalue weighted by Crippen LogP contribution is -2.48. The van der Waals surface area contributed by atoms with Gasteiger partial charge in [-0.25, -0.2) is 8.42 Å². The molecule has 0 aliphatic rings. The predicted octanol–water partition coefficient (Wildman–Crippen LogP) is 4.53. The Morgan fingerprint density at radius 1 is 1.06 bits per heavy atom. The molecule has 2 aromatic rings. The Hall–Kier alpha value is -2.58. The number of carbonyl (C=O) groups excluding carboxylic acids is 2. The molecule has 192 valence electrons. The molecule has 7 nitrogen and oxygen atoms in total. The molecule has 0 saturated carbocycles. The monoisotopic (exact) mass is 521 g/mol. The minimum atomic E-state index is -3.54. The molecule has 0 aromatic heterocycles. The van der Waals surface area contributed by atoms with Crippen LogP contribution in [0, 0.1) is 6.92 Å². The van der Waals surface area contributed by atoms with E-state index in [-0.39, 0.29) is 24.8 Å². The fourth-order valence-electron chi connectivity index (χ4n) is 3.70. The van der Waals surface area contributed by atoms with E-state index < -0.39 is 16.1 Å². The van der Waals surface area contributed by atoms with Gasteiger partial charge in [0, 0.05) is 31.1 Å². The van der Waals surface area contributed by atoms with Crippen LogP contribution in [0.3, 0.4) is 0 Å². The van der Waals surface area contributed by atoms with Crippen molar-refractivity contribution in [3.05, 3.63) is 64.7 Å². The van der Waals surface area contributed by atoms with Crippen molar-refractivity contribution in [1.29, 1.82) is 0 Å². The number of anilines is 1. The van der Waals surface area contributed by atoms with E-state index in [2.05, 4.69) is 5.32 Å². The standard InChI is InChI=1S/C26H36ClN3O4S/c1-5-6-17-28-26(32)21(3)29(19-22-11-8-7-10-20(22)2)25(31)12-9-18-30(35(4,33)34)24-15-13-23(27)14-16-24/h7-8,10-11,13-16,21H,5-6,9,12,17-19H2,1-4H3,(H,28,32). The van der Waals surface area contributed by atoms with Gasteiger partial charge in [-0.2, -0.15) is 0 Å². The number of amides is 2. The molecule has 35 heavy (non-hydrogen) atoms. The second-order valence-electron chi connectivity index (χ2n) is 8.68. The molecule has 0 spiro atoms. The van der Waals surface area contributed by atoms with E-state index in [1.807, 2.05) is 38.1 Å². The van der Waals surface area contributed by atoms with Gasteiger partial charge in [0.15, 0.2) is 0 Å². The fraction of sp³-hybridized carbons (Fsp3) is 0.462. The Morgan fingerprint density at radius 2 is 1.71 bits per heavy atom. The van der Waals surface area contributed by atoms with Gasteiger partial charge in [-0.15, -0.1) is 0 Å². The number of nitrogens with one attached hydrogen (secondary N) is 1. The van der Waals surface area contributed by atoms with Crippen LogP contribution in [0.5, 0.6) is 0 Å². The SMILES string of the molecule is CCCCNC(=O)C(C)N(Cc1ccccc1C)C(=O)CCCN(c1ccc(Cl)cc1)S(C)(=O)=O. The van der Waals surface area contributed by atoms with Crippen molar-refractivity contribution in [2.45, 2.75) is 59.0 Å². The van der Waals surface area contributed by atoms with Crippen molar-refractivity contribution in [2.75, 3.05) is 23.7 Å². The number of halogens is 1.